The molecule has 0 saturated carbocycles. The monoisotopic (exact) mass is 818 g/mol. The van der Waals surface area contributed by atoms with Crippen LogP contribution in [-0.4, -0.2) is 161 Å². The number of amidine groups is 1. The number of allylic oxidation sites excluding steroid dienone is 1. The summed E-state index contributed by atoms with van der Waals surface area (Å²) in [4.78, 5) is 65.9. The van der Waals surface area contributed by atoms with E-state index in [9.17, 15) is 59.3 Å². The third kappa shape index (κ3) is 11.0. The van der Waals surface area contributed by atoms with Crippen molar-refractivity contribution in [3.63, 3.8) is 0 Å². The Morgan fingerprint density at radius 2 is 1.73 bits per heavy atom. The van der Waals surface area contributed by atoms with Gasteiger partial charge in [-0.2, -0.15) is 4.99 Å². The molecule has 1 aromatic rings. The third-order valence-electron chi connectivity index (χ3n) is 8.64. The van der Waals surface area contributed by atoms with Gasteiger partial charge in [-0.3, -0.25) is 28.9 Å². The van der Waals surface area contributed by atoms with Crippen LogP contribution in [0.4, 0.5) is 10.5 Å². The van der Waals surface area contributed by atoms with Gasteiger partial charge in [0.25, 0.3) is 5.91 Å². The van der Waals surface area contributed by atoms with Crippen LogP contribution in [0, 0.1) is 0 Å². The number of nitrogens with zero attached hydrogens (tertiary/aromatic N) is 3. The summed E-state index contributed by atoms with van der Waals surface area (Å²) >= 11 is 0. The zero-order valence-corrected chi connectivity index (χ0v) is 30.6. The number of aliphatic hydroxyl groups is 5. The number of hydrogen-bond donors (Lipinski definition) is 12. The first kappa shape index (κ1) is 44.1. The lowest BCUT2D eigenvalue weighted by Crippen LogP contribution is -2.60. The maximum absolute atomic E-state index is 12.6. The molecule has 1 fully saturated rings. The van der Waals surface area contributed by atoms with Gasteiger partial charge in [-0.15, -0.1) is 0 Å². The Labute approximate surface area is 317 Å². The van der Waals surface area contributed by atoms with E-state index in [0.29, 0.717) is 11.3 Å². The molecule has 3 heterocycles. The van der Waals surface area contributed by atoms with Crippen molar-refractivity contribution < 1.29 is 88.0 Å². The van der Waals surface area contributed by atoms with E-state index in [1.807, 2.05) is 0 Å². The van der Waals surface area contributed by atoms with Crippen molar-refractivity contribution in [2.75, 3.05) is 18.5 Å². The Morgan fingerprint density at radius 1 is 1.07 bits per heavy atom. The number of hydrogen-bond acceptors (Lipinski definition) is 18. The van der Waals surface area contributed by atoms with Crippen LogP contribution >= 0.6 is 7.82 Å². The fraction of sp³-hybridized carbons (Fsp3) is 0.548. The van der Waals surface area contributed by atoms with Crippen molar-refractivity contribution in [2.24, 2.45) is 15.7 Å². The summed E-state index contributed by atoms with van der Waals surface area (Å²) < 4.78 is 31.9. The van der Waals surface area contributed by atoms with Crippen molar-refractivity contribution in [3.8, 4) is 0 Å². The van der Waals surface area contributed by atoms with Crippen molar-refractivity contribution in [1.29, 1.82) is 0 Å². The molecule has 1 aromatic carbocycles. The van der Waals surface area contributed by atoms with Gasteiger partial charge in [0, 0.05) is 18.5 Å². The van der Waals surface area contributed by atoms with Crippen LogP contribution in [0.1, 0.15) is 32.3 Å². The minimum absolute atomic E-state index is 0.0699. The first-order chi connectivity index (χ1) is 26.2. The quantitative estimate of drug-likeness (QED) is 0.0640. The first-order valence-electron chi connectivity index (χ1n) is 16.8. The summed E-state index contributed by atoms with van der Waals surface area (Å²) in [5.74, 6) is -4.11. The van der Waals surface area contributed by atoms with Gasteiger partial charge in [0.2, 0.25) is 5.96 Å². The number of carbonyl (C=O) groups is 4. The molecule has 0 aliphatic carbocycles. The Morgan fingerprint density at radius 3 is 2.34 bits per heavy atom. The van der Waals surface area contributed by atoms with Crippen molar-refractivity contribution in [2.45, 2.75) is 94.2 Å². The fourth-order valence-corrected chi connectivity index (χ4v) is 6.83. The Hall–Kier alpha value is -4.59. The predicted molar refractivity (Wildman–Crippen MR) is 187 cm³/mol. The lowest BCUT2D eigenvalue weighted by molar-refractivity contribution is -0.192. The van der Waals surface area contributed by atoms with Crippen molar-refractivity contribution in [3.05, 3.63) is 41.2 Å². The number of fused-ring (bicyclic) bond motifs is 1. The van der Waals surface area contributed by atoms with Crippen LogP contribution in [-0.2, 0) is 43.9 Å². The number of amides is 2. The van der Waals surface area contributed by atoms with Crippen LogP contribution in [0.15, 0.2) is 45.6 Å². The molecule has 1 saturated heterocycles. The maximum Gasteiger partial charge on any atom is 0.473 e. The second-order valence-corrected chi connectivity index (χ2v) is 14.3. The molecule has 4 rings (SSSR count). The van der Waals surface area contributed by atoms with Gasteiger partial charge in [-0.1, -0.05) is 12.1 Å². The summed E-state index contributed by atoms with van der Waals surface area (Å²) in [6, 6.07) is 4.36. The number of anilines is 1. The molecule has 310 valence electrons. The molecule has 2 amide bonds. The standard InChI is InChI=1S/C31H43N6O18P/c1-12(21-13(2)34-26-22(37(21)31(48)49)27(45)36-30(32)35-26)33-15-5-3-14(4-6-15)9-16(38)23(42)17(39)10-52-29-25(44)24(43)19(54-29)11-53-56(50,51)55-18(28(46)47)7-8-20(40)41/h3-6,12,16-19,22-25,29,33,38-39,42-44H,7-11H2,1-2H3,(H,40,41)(H,46,47)(H,48,49)(H,50,51)(H3,32,34,35,36,45)/t12-,16+,17-,18+,19-,22?,23+,24-,25-,29+/m1/s1. The molecule has 0 aromatic heterocycles. The zero-order valence-electron chi connectivity index (χ0n) is 29.7. The van der Waals surface area contributed by atoms with Crippen molar-refractivity contribution in [1.82, 2.24) is 10.2 Å². The molecule has 2 unspecified atom stereocenters. The number of aliphatic hydroxyl groups excluding tert-OH is 5. The summed E-state index contributed by atoms with van der Waals surface area (Å²) in [6.45, 7) is 1.56. The topological polar surface area (TPSA) is 382 Å². The number of carboxylic acid groups (broad SMARTS) is 3. The molecule has 24 nitrogen and oxygen atoms in total. The van der Waals surface area contributed by atoms with Gasteiger partial charge in [-0.25, -0.2) is 19.1 Å². The number of nitrogens with one attached hydrogen (secondary N) is 2. The molecule has 13 N–H and O–H groups in total. The largest absolute Gasteiger partial charge is 0.481 e. The minimum Gasteiger partial charge on any atom is -0.481 e. The summed E-state index contributed by atoms with van der Waals surface area (Å²) in [5, 5.41) is 85.5. The van der Waals surface area contributed by atoms with Crippen LogP contribution in [0.25, 0.3) is 0 Å². The number of rotatable bonds is 19. The van der Waals surface area contributed by atoms with Crippen LogP contribution < -0.4 is 16.4 Å². The van der Waals surface area contributed by atoms with E-state index in [-0.39, 0.29) is 29.6 Å². The molecule has 0 radical (unpaired) electrons. The molecule has 11 atom stereocenters. The van der Waals surface area contributed by atoms with E-state index in [4.69, 9.17) is 25.4 Å². The first-order valence-corrected chi connectivity index (χ1v) is 18.3. The lowest BCUT2D eigenvalue weighted by atomic mass is 10.00. The summed E-state index contributed by atoms with van der Waals surface area (Å²) in [5.41, 5.74) is 7.09. The number of guanidine groups is 1. The van der Waals surface area contributed by atoms with Gasteiger partial charge < -0.3 is 66.3 Å². The van der Waals surface area contributed by atoms with Crippen molar-refractivity contribution >= 4 is 49.2 Å². The lowest BCUT2D eigenvalue weighted by Gasteiger charge is -2.37. The second kappa shape index (κ2) is 18.6. The average molecular weight is 819 g/mol. The third-order valence-corrected chi connectivity index (χ3v) is 9.64. The smallest absolute Gasteiger partial charge is 0.473 e. The Bertz CT molecular complexity index is 1780. The van der Waals surface area contributed by atoms with Gasteiger partial charge in [0.05, 0.1) is 36.8 Å². The number of aliphatic imine (C=N–C) groups is 2. The second-order valence-electron chi connectivity index (χ2n) is 12.9. The molecular formula is C31H43N6O18P. The number of benzene rings is 1. The molecule has 0 bridgehead atoms. The van der Waals surface area contributed by atoms with E-state index >= 15 is 0 Å². The molecule has 3 aliphatic rings. The molecule has 0 spiro atoms. The Kier molecular flexibility index (Phi) is 14.6. The summed E-state index contributed by atoms with van der Waals surface area (Å²) in [6.07, 6.45) is -16.8. The normalized spacial score (nSPS) is 26.1. The van der Waals surface area contributed by atoms with Gasteiger partial charge >= 0.3 is 25.9 Å². The van der Waals surface area contributed by atoms with E-state index in [0.717, 1.165) is 4.90 Å². The molecule has 25 heteroatoms. The van der Waals surface area contributed by atoms with E-state index < -0.39 is 119 Å². The number of phosphoric acid groups is 1. The highest BCUT2D eigenvalue weighted by atomic mass is 31.2. The number of ether oxygens (including phenoxy) is 2. The maximum atomic E-state index is 12.6. The highest BCUT2D eigenvalue weighted by Gasteiger charge is 2.46. The van der Waals surface area contributed by atoms with Crippen LogP contribution in [0.3, 0.4) is 0 Å². The SMILES string of the molecule is CC1=C([C@@H](C)Nc2ccc(C[C@H](O)[C@H](O)[C@H](O)CO[C@H]3O[C@H](COP(=O)(O)O[C@@H](CCC(=O)O)C(=O)O)[C@@H](O)[C@H]3O)cc2)N(C(=O)O)C2C(=O)NC(N)=NC2=N1. The van der Waals surface area contributed by atoms with E-state index in [1.54, 1.807) is 38.1 Å². The van der Waals surface area contributed by atoms with E-state index in [1.165, 1.54) is 0 Å². The number of nitrogens with two attached hydrogens (primary N) is 1. The fourth-order valence-electron chi connectivity index (χ4n) is 5.91. The molecule has 3 aliphatic heterocycles. The van der Waals surface area contributed by atoms with Gasteiger partial charge in [0.15, 0.2) is 24.3 Å². The average Bonchev–Trinajstić information content (AvgIpc) is 3.38. The highest BCUT2D eigenvalue weighted by Crippen LogP contribution is 2.46. The van der Waals surface area contributed by atoms with Crippen LogP contribution in [0.2, 0.25) is 0 Å². The van der Waals surface area contributed by atoms with Gasteiger partial charge in [0.1, 0.15) is 30.5 Å². The number of carboxylic acids is 2. The van der Waals surface area contributed by atoms with Crippen LogP contribution in [0.5, 0.6) is 0 Å². The highest BCUT2D eigenvalue weighted by molar-refractivity contribution is 7.47. The van der Waals surface area contributed by atoms with E-state index in [2.05, 4.69) is 29.7 Å². The number of aliphatic carboxylic acids is 2. The minimum atomic E-state index is -5.13. The predicted octanol–water partition coefficient (Wildman–Crippen LogP) is -2.54. The molecular weight excluding hydrogens is 775 g/mol. The number of phosphoric ester groups is 1. The van der Waals surface area contributed by atoms with Gasteiger partial charge in [-0.05, 0) is 38.0 Å². The Balaban J connectivity index is 1.27. The zero-order chi connectivity index (χ0) is 41.6. The number of carbonyl (C=O) groups excluding carboxylic acids is 1. The molecule has 56 heavy (non-hydrogen) atoms. The summed E-state index contributed by atoms with van der Waals surface area (Å²) in [7, 11) is -5.13.